The molecule has 0 aliphatic heterocycles. The van der Waals surface area contributed by atoms with Gasteiger partial charge < -0.3 is 5.73 Å². The smallest absolute Gasteiger partial charge is 0.0626 e. The highest BCUT2D eigenvalue weighted by Crippen LogP contribution is 2.00. The van der Waals surface area contributed by atoms with Gasteiger partial charge in [-0.2, -0.15) is 0 Å². The molecule has 0 aliphatic carbocycles. The average Bonchev–Trinajstić information content (AvgIpc) is 2.32. The standard InChI is InChI=1S/C9H13N/c1-8(10)7-9-5-3-2-4-6-9/h2-6,8H,7,10H2,1H3/i1D3,2D,3D,4D,5D,6D,7D2,8+1D. The molecule has 0 heterocycles. The summed E-state index contributed by atoms with van der Waals surface area (Å²) in [5, 5.41) is 0. The van der Waals surface area contributed by atoms with Gasteiger partial charge in [0.2, 0.25) is 0 Å². The second-order valence-electron chi connectivity index (χ2n) is 1.54. The lowest BCUT2D eigenvalue weighted by molar-refractivity contribution is 0.738. The van der Waals surface area contributed by atoms with Gasteiger partial charge >= 0.3 is 0 Å². The fourth-order valence-electron chi connectivity index (χ4n) is 0.447. The minimum absolute atomic E-state index is 0.744. The number of hydrogen-bond acceptors (Lipinski definition) is 1. The molecule has 0 bridgehead atoms. The van der Waals surface area contributed by atoms with E-state index in [-0.39, 0.29) is 0 Å². The van der Waals surface area contributed by atoms with Crippen molar-refractivity contribution < 1.29 is 15.1 Å². The van der Waals surface area contributed by atoms with Gasteiger partial charge in [-0.15, -0.1) is 0 Å². The number of benzene rings is 1. The second kappa shape index (κ2) is 3.37. The first kappa shape index (κ1) is 1.51. The zero-order valence-corrected chi connectivity index (χ0v) is 5.08. The first-order valence-electron chi connectivity index (χ1n) is 8.04. The Morgan fingerprint density at radius 3 is 3.10 bits per heavy atom. The van der Waals surface area contributed by atoms with Crippen LogP contribution in [0.4, 0.5) is 0 Å². The summed E-state index contributed by atoms with van der Waals surface area (Å²) in [6.07, 6.45) is -3.19. The highest BCUT2D eigenvalue weighted by molar-refractivity contribution is 5.15. The molecule has 1 rings (SSSR count). The van der Waals surface area contributed by atoms with Crippen LogP contribution in [0, 0.1) is 0 Å². The fraction of sp³-hybridized carbons (Fsp3) is 0.333. The highest BCUT2D eigenvalue weighted by Gasteiger charge is 1.94. The van der Waals surface area contributed by atoms with Gasteiger partial charge in [-0.3, -0.25) is 0 Å². The van der Waals surface area contributed by atoms with E-state index >= 15 is 0 Å². The molecule has 0 aromatic heterocycles. The maximum atomic E-state index is 7.80. The van der Waals surface area contributed by atoms with Crippen LogP contribution in [-0.4, -0.2) is 6.02 Å². The van der Waals surface area contributed by atoms with Crippen LogP contribution in [0.3, 0.4) is 0 Å². The summed E-state index contributed by atoms with van der Waals surface area (Å²) in [7, 11) is 0. The van der Waals surface area contributed by atoms with E-state index < -0.39 is 55.0 Å². The minimum Gasteiger partial charge on any atom is -0.328 e. The molecular formula is C9H13N. The molecule has 1 heteroatoms. The van der Waals surface area contributed by atoms with Gasteiger partial charge in [0.1, 0.15) is 0 Å². The molecule has 2 N–H and O–H groups in total. The fourth-order valence-corrected chi connectivity index (χ4v) is 0.447. The lowest BCUT2D eigenvalue weighted by atomic mass is 10.2. The van der Waals surface area contributed by atoms with Gasteiger partial charge in [0.25, 0.3) is 0 Å². The van der Waals surface area contributed by atoms with E-state index in [2.05, 4.69) is 0 Å². The van der Waals surface area contributed by atoms with Gasteiger partial charge in [-0.05, 0) is 18.8 Å². The van der Waals surface area contributed by atoms with E-state index in [9.17, 15) is 0 Å². The van der Waals surface area contributed by atoms with Gasteiger partial charge in [0.05, 0.1) is 6.85 Å². The van der Waals surface area contributed by atoms with Crippen LogP contribution in [0.25, 0.3) is 0 Å². The van der Waals surface area contributed by atoms with Crippen LogP contribution in [0.1, 0.15) is 27.5 Å². The molecule has 1 atom stereocenters. The van der Waals surface area contributed by atoms with Crippen molar-refractivity contribution in [3.63, 3.8) is 0 Å². The van der Waals surface area contributed by atoms with Crippen LogP contribution in [0.2, 0.25) is 0 Å². The molecular weight excluding hydrogens is 123 g/mol. The van der Waals surface area contributed by atoms with Gasteiger partial charge in [0.15, 0.2) is 0 Å². The van der Waals surface area contributed by atoms with Crippen molar-refractivity contribution in [1.82, 2.24) is 0 Å². The maximum Gasteiger partial charge on any atom is 0.0626 e. The van der Waals surface area contributed by atoms with E-state index in [1.54, 1.807) is 0 Å². The third-order valence-electron chi connectivity index (χ3n) is 0.760. The van der Waals surface area contributed by atoms with E-state index in [1.165, 1.54) is 0 Å². The first-order valence-corrected chi connectivity index (χ1v) is 2.54. The zero-order chi connectivity index (χ0) is 17.0. The van der Waals surface area contributed by atoms with Crippen molar-refractivity contribution in [2.24, 2.45) is 5.73 Å². The van der Waals surface area contributed by atoms with Crippen molar-refractivity contribution >= 4 is 0 Å². The molecule has 1 aromatic carbocycles. The summed E-state index contributed by atoms with van der Waals surface area (Å²) < 4.78 is 82.3. The Morgan fingerprint density at radius 2 is 2.50 bits per heavy atom. The predicted octanol–water partition coefficient (Wildman–Crippen LogP) is 1.58. The summed E-state index contributed by atoms with van der Waals surface area (Å²) in [5.74, 6) is 0. The summed E-state index contributed by atoms with van der Waals surface area (Å²) >= 11 is 0. The highest BCUT2D eigenvalue weighted by atomic mass is 14.9. The van der Waals surface area contributed by atoms with Gasteiger partial charge in [0, 0.05) is 14.2 Å². The molecule has 0 radical (unpaired) electrons. The van der Waals surface area contributed by atoms with Crippen LogP contribution in [0.5, 0.6) is 0 Å². The molecule has 0 aliphatic rings. The molecule has 0 saturated carbocycles. The Bertz CT molecular complexity index is 545. The Kier molecular flexibility index (Phi) is 0.509. The monoisotopic (exact) mass is 147 g/mol. The third-order valence-corrected chi connectivity index (χ3v) is 0.760. The van der Waals surface area contributed by atoms with Crippen molar-refractivity contribution in [3.8, 4) is 0 Å². The largest absolute Gasteiger partial charge is 0.328 e. The molecule has 0 saturated heterocycles. The minimum atomic E-state index is -3.26. The molecule has 54 valence electrons. The van der Waals surface area contributed by atoms with Crippen molar-refractivity contribution in [1.29, 1.82) is 0 Å². The zero-order valence-electron chi connectivity index (χ0n) is 16.1. The molecule has 0 amide bonds. The van der Waals surface area contributed by atoms with E-state index in [0.29, 0.717) is 0 Å². The summed E-state index contributed by atoms with van der Waals surface area (Å²) in [5.41, 5.74) is 4.33. The first-order chi connectivity index (χ1) is 9.18. The Hall–Kier alpha value is -0.820. The number of hydrogen-bond donors (Lipinski definition) is 1. The third kappa shape index (κ3) is 2.19. The SMILES string of the molecule is [2H]c1c([2H])c([2H])c(C([2H])([2H])[13C]([2H])(N)C([2H])([2H])[2H])c([2H])c1[2H]. The normalized spacial score (nSPS) is 34.7. The topological polar surface area (TPSA) is 26.0 Å². The lowest BCUT2D eigenvalue weighted by Gasteiger charge is -2.02. The molecule has 1 nitrogen and oxygen atoms in total. The predicted molar refractivity (Wildman–Crippen MR) is 43.8 cm³/mol. The number of nitrogens with two attached hydrogens (primary N) is 1. The Balaban J connectivity index is 3.76. The summed E-state index contributed by atoms with van der Waals surface area (Å²) in [4.78, 5) is 0. The molecule has 1 aromatic rings. The van der Waals surface area contributed by atoms with Crippen LogP contribution in [0.15, 0.2) is 30.2 Å². The van der Waals surface area contributed by atoms with E-state index in [0.717, 1.165) is 0 Å². The maximum absolute atomic E-state index is 7.80. The molecule has 0 fully saturated rings. The van der Waals surface area contributed by atoms with Crippen molar-refractivity contribution in [3.05, 3.63) is 35.8 Å². The number of rotatable bonds is 2. The Labute approximate surface area is 77.3 Å². The van der Waals surface area contributed by atoms with Crippen LogP contribution < -0.4 is 5.73 Å². The van der Waals surface area contributed by atoms with E-state index in [1.807, 2.05) is 0 Å². The van der Waals surface area contributed by atoms with Crippen molar-refractivity contribution in [2.75, 3.05) is 0 Å². The average molecular weight is 147 g/mol. The summed E-state index contributed by atoms with van der Waals surface area (Å²) in [6, 6.07) is -7.42. The van der Waals surface area contributed by atoms with Crippen molar-refractivity contribution in [2.45, 2.75) is 19.2 Å². The van der Waals surface area contributed by atoms with Crippen LogP contribution in [-0.2, 0) is 6.37 Å². The Morgan fingerprint density at radius 1 is 1.80 bits per heavy atom. The molecule has 10 heavy (non-hydrogen) atoms. The molecule has 1 unspecified atom stereocenters. The van der Waals surface area contributed by atoms with Gasteiger partial charge in [-0.25, -0.2) is 0 Å². The second-order valence-corrected chi connectivity index (χ2v) is 1.54. The molecule has 0 spiro atoms. The quantitative estimate of drug-likeness (QED) is 0.631. The summed E-state index contributed by atoms with van der Waals surface area (Å²) in [6.45, 7) is -3.26. The van der Waals surface area contributed by atoms with Crippen LogP contribution >= 0.6 is 0 Å². The lowest BCUT2D eigenvalue weighted by Crippen LogP contribution is -2.17. The van der Waals surface area contributed by atoms with E-state index in [4.69, 9.17) is 20.8 Å². The van der Waals surface area contributed by atoms with Gasteiger partial charge in [-0.1, -0.05) is 30.2 Å².